The van der Waals surface area contributed by atoms with Crippen molar-refractivity contribution in [3.63, 3.8) is 0 Å². The van der Waals surface area contributed by atoms with Crippen molar-refractivity contribution < 1.29 is 4.79 Å². The number of likely N-dealkylation sites (tertiary alicyclic amines) is 1. The van der Waals surface area contributed by atoms with Crippen LogP contribution < -0.4 is 5.32 Å². The molecule has 4 nitrogen and oxygen atoms in total. The fourth-order valence-corrected chi connectivity index (χ4v) is 4.80. The van der Waals surface area contributed by atoms with Gasteiger partial charge in [-0.25, -0.2) is 4.98 Å². The van der Waals surface area contributed by atoms with Crippen LogP contribution in [0.4, 0.5) is 0 Å². The van der Waals surface area contributed by atoms with Gasteiger partial charge in [0.05, 0.1) is 22.8 Å². The van der Waals surface area contributed by atoms with Crippen LogP contribution in [-0.2, 0) is 11.3 Å². The van der Waals surface area contributed by atoms with Gasteiger partial charge in [-0.05, 0) is 49.2 Å². The van der Waals surface area contributed by atoms with Crippen LogP contribution in [0.25, 0.3) is 10.2 Å². The number of benzene rings is 2. The first-order valence-electron chi connectivity index (χ1n) is 9.30. The number of amides is 1. The molecule has 6 heteroatoms. The van der Waals surface area contributed by atoms with E-state index in [1.54, 1.807) is 11.3 Å². The second-order valence-electron chi connectivity index (χ2n) is 6.91. The zero-order valence-corrected chi connectivity index (χ0v) is 16.6. The lowest BCUT2D eigenvalue weighted by atomic mass is 10.0. The molecule has 27 heavy (non-hydrogen) atoms. The summed E-state index contributed by atoms with van der Waals surface area (Å²) in [6.45, 7) is 1.87. The van der Waals surface area contributed by atoms with E-state index < -0.39 is 0 Å². The Morgan fingerprint density at radius 2 is 2.00 bits per heavy atom. The van der Waals surface area contributed by atoms with Gasteiger partial charge >= 0.3 is 0 Å². The molecule has 0 spiro atoms. The number of rotatable bonds is 5. The lowest BCUT2D eigenvalue weighted by molar-refractivity contribution is -0.123. The molecular weight excluding hydrogens is 378 g/mol. The van der Waals surface area contributed by atoms with Gasteiger partial charge in [-0.1, -0.05) is 42.3 Å². The lowest BCUT2D eigenvalue weighted by Crippen LogP contribution is -2.41. The van der Waals surface area contributed by atoms with Gasteiger partial charge in [0, 0.05) is 11.6 Å². The molecule has 0 saturated carbocycles. The van der Waals surface area contributed by atoms with Gasteiger partial charge in [0.25, 0.3) is 0 Å². The molecule has 1 saturated heterocycles. The number of hydrogen-bond donors (Lipinski definition) is 1. The molecule has 140 valence electrons. The Kier molecular flexibility index (Phi) is 5.72. The predicted molar refractivity (Wildman–Crippen MR) is 111 cm³/mol. The van der Waals surface area contributed by atoms with Crippen LogP contribution in [0.15, 0.2) is 48.5 Å². The minimum Gasteiger partial charge on any atom is -0.351 e. The second kappa shape index (κ2) is 8.38. The van der Waals surface area contributed by atoms with E-state index in [-0.39, 0.29) is 11.9 Å². The third-order valence-electron chi connectivity index (χ3n) is 4.96. The van der Waals surface area contributed by atoms with Crippen LogP contribution in [0.2, 0.25) is 5.02 Å². The average Bonchev–Trinajstić information content (AvgIpc) is 3.12. The van der Waals surface area contributed by atoms with E-state index in [0.29, 0.717) is 18.1 Å². The molecule has 0 unspecified atom stereocenters. The molecule has 4 rings (SSSR count). The van der Waals surface area contributed by atoms with Crippen LogP contribution in [0.5, 0.6) is 0 Å². The van der Waals surface area contributed by atoms with Crippen molar-refractivity contribution in [2.24, 2.45) is 0 Å². The maximum absolute atomic E-state index is 12.5. The molecule has 0 bridgehead atoms. The van der Waals surface area contributed by atoms with Gasteiger partial charge in [0.2, 0.25) is 5.91 Å². The molecule has 2 aromatic carbocycles. The highest BCUT2D eigenvalue weighted by Crippen LogP contribution is 2.35. The van der Waals surface area contributed by atoms with E-state index >= 15 is 0 Å². The SMILES string of the molecule is O=C(CN1CCCC[C@@H]1c1nc2ccccc2s1)NCc1ccc(Cl)cc1. The van der Waals surface area contributed by atoms with Gasteiger partial charge in [-0.2, -0.15) is 0 Å². The second-order valence-corrected chi connectivity index (χ2v) is 8.40. The Morgan fingerprint density at radius 3 is 2.81 bits per heavy atom. The molecule has 1 fully saturated rings. The van der Waals surface area contributed by atoms with Crippen LogP contribution in [-0.4, -0.2) is 28.9 Å². The fourth-order valence-electron chi connectivity index (χ4n) is 3.54. The first-order valence-corrected chi connectivity index (χ1v) is 10.5. The lowest BCUT2D eigenvalue weighted by Gasteiger charge is -2.33. The maximum atomic E-state index is 12.5. The van der Waals surface area contributed by atoms with Gasteiger partial charge < -0.3 is 5.32 Å². The fraction of sp³-hybridized carbons (Fsp3) is 0.333. The summed E-state index contributed by atoms with van der Waals surface area (Å²) in [6, 6.07) is 16.0. The topological polar surface area (TPSA) is 45.2 Å². The number of piperidine rings is 1. The maximum Gasteiger partial charge on any atom is 0.234 e. The molecule has 0 radical (unpaired) electrons. The van der Waals surface area contributed by atoms with E-state index in [1.807, 2.05) is 36.4 Å². The number of hydrogen-bond acceptors (Lipinski definition) is 4. The Balaban J connectivity index is 1.41. The van der Waals surface area contributed by atoms with E-state index in [9.17, 15) is 4.79 Å². The Labute approximate surface area is 168 Å². The average molecular weight is 400 g/mol. The number of fused-ring (bicyclic) bond motifs is 1. The molecule has 1 N–H and O–H groups in total. The standard InChI is InChI=1S/C21H22ClN3OS/c22-16-10-8-15(9-11-16)13-23-20(26)14-25-12-4-3-6-18(25)21-24-17-5-1-2-7-19(17)27-21/h1-2,5,7-11,18H,3-4,6,12-14H2,(H,23,26)/t18-/m1/s1. The number of nitrogens with one attached hydrogen (secondary N) is 1. The predicted octanol–water partition coefficient (Wildman–Crippen LogP) is 4.79. The minimum absolute atomic E-state index is 0.0537. The number of halogens is 1. The van der Waals surface area contributed by atoms with Gasteiger partial charge in [-0.15, -0.1) is 11.3 Å². The number of carbonyl (C=O) groups excluding carboxylic acids is 1. The van der Waals surface area contributed by atoms with Crippen molar-refractivity contribution >= 4 is 39.1 Å². The third-order valence-corrected chi connectivity index (χ3v) is 6.35. The van der Waals surface area contributed by atoms with Crippen LogP contribution in [0.1, 0.15) is 35.9 Å². The molecule has 2 heterocycles. The number of aromatic nitrogens is 1. The summed E-state index contributed by atoms with van der Waals surface area (Å²) in [5, 5.41) is 4.86. The van der Waals surface area contributed by atoms with Crippen molar-refractivity contribution in [3.05, 3.63) is 64.1 Å². The third kappa shape index (κ3) is 4.49. The number of nitrogens with zero attached hydrogens (tertiary/aromatic N) is 2. The van der Waals surface area contributed by atoms with E-state index in [2.05, 4.69) is 22.3 Å². The first kappa shape index (κ1) is 18.4. The minimum atomic E-state index is 0.0537. The quantitative estimate of drug-likeness (QED) is 0.670. The van der Waals surface area contributed by atoms with Crippen LogP contribution in [0, 0.1) is 0 Å². The summed E-state index contributed by atoms with van der Waals surface area (Å²) < 4.78 is 1.21. The van der Waals surface area contributed by atoms with Crippen molar-refractivity contribution in [3.8, 4) is 0 Å². The van der Waals surface area contributed by atoms with E-state index in [0.717, 1.165) is 35.5 Å². The number of para-hydroxylation sites is 1. The van der Waals surface area contributed by atoms with E-state index in [4.69, 9.17) is 16.6 Å². The molecule has 1 amide bonds. The summed E-state index contributed by atoms with van der Waals surface area (Å²) in [5.41, 5.74) is 2.10. The molecule has 3 aromatic rings. The first-order chi connectivity index (χ1) is 13.2. The zero-order chi connectivity index (χ0) is 18.6. The van der Waals surface area contributed by atoms with Gasteiger partial charge in [-0.3, -0.25) is 9.69 Å². The van der Waals surface area contributed by atoms with Crippen LogP contribution >= 0.6 is 22.9 Å². The van der Waals surface area contributed by atoms with Crippen molar-refractivity contribution in [2.75, 3.05) is 13.1 Å². The normalized spacial score (nSPS) is 17.9. The summed E-state index contributed by atoms with van der Waals surface area (Å²) in [7, 11) is 0. The number of thiazole rings is 1. The summed E-state index contributed by atoms with van der Waals surface area (Å²) in [6.07, 6.45) is 3.37. The Bertz CT molecular complexity index is 892. The highest BCUT2D eigenvalue weighted by molar-refractivity contribution is 7.18. The smallest absolute Gasteiger partial charge is 0.234 e. The van der Waals surface area contributed by atoms with Crippen molar-refractivity contribution in [2.45, 2.75) is 31.8 Å². The number of carbonyl (C=O) groups is 1. The van der Waals surface area contributed by atoms with Gasteiger partial charge in [0.15, 0.2) is 0 Å². The summed E-state index contributed by atoms with van der Waals surface area (Å²) in [5.74, 6) is 0.0537. The molecule has 0 aliphatic carbocycles. The molecule has 1 atom stereocenters. The highest BCUT2D eigenvalue weighted by Gasteiger charge is 2.28. The highest BCUT2D eigenvalue weighted by atomic mass is 35.5. The van der Waals surface area contributed by atoms with Crippen molar-refractivity contribution in [1.82, 2.24) is 15.2 Å². The van der Waals surface area contributed by atoms with E-state index in [1.165, 1.54) is 11.1 Å². The molecule has 1 aromatic heterocycles. The molecular formula is C21H22ClN3OS. The zero-order valence-electron chi connectivity index (χ0n) is 15.0. The Hall–Kier alpha value is -1.95. The monoisotopic (exact) mass is 399 g/mol. The van der Waals surface area contributed by atoms with Gasteiger partial charge in [0.1, 0.15) is 5.01 Å². The molecule has 1 aliphatic rings. The largest absolute Gasteiger partial charge is 0.351 e. The summed E-state index contributed by atoms with van der Waals surface area (Å²) in [4.78, 5) is 19.6. The van der Waals surface area contributed by atoms with Crippen molar-refractivity contribution in [1.29, 1.82) is 0 Å². The molecule has 1 aliphatic heterocycles. The summed E-state index contributed by atoms with van der Waals surface area (Å²) >= 11 is 7.66. The Morgan fingerprint density at radius 1 is 1.19 bits per heavy atom. The van der Waals surface area contributed by atoms with Crippen LogP contribution in [0.3, 0.4) is 0 Å².